The van der Waals surface area contributed by atoms with Crippen LogP contribution in [-0.4, -0.2) is 33.3 Å². The van der Waals surface area contributed by atoms with Gasteiger partial charge in [-0.2, -0.15) is 8.42 Å². The van der Waals surface area contributed by atoms with Crippen LogP contribution in [0.5, 0.6) is 0 Å². The molecule has 0 bridgehead atoms. The smallest absolute Gasteiger partial charge is 0.282 e. The van der Waals surface area contributed by atoms with Crippen molar-refractivity contribution in [2.75, 3.05) is 0 Å². The van der Waals surface area contributed by atoms with E-state index in [0.29, 0.717) is 11.1 Å². The van der Waals surface area contributed by atoms with Crippen molar-refractivity contribution in [3.05, 3.63) is 46.5 Å². The van der Waals surface area contributed by atoms with E-state index in [-0.39, 0.29) is 39.1 Å². The average Bonchev–Trinajstić information content (AvgIpc) is 2.93. The van der Waals surface area contributed by atoms with Crippen LogP contribution < -0.4 is 0 Å². The maximum absolute atomic E-state index is 11.7. The summed E-state index contributed by atoms with van der Waals surface area (Å²) >= 11 is 0. The van der Waals surface area contributed by atoms with E-state index in [1.807, 2.05) is 0 Å². The topological polar surface area (TPSA) is 139 Å². The second-order valence-electron chi connectivity index (χ2n) is 4.43. The first-order valence-corrected chi connectivity index (χ1v) is 7.38. The molecule has 0 amide bonds. The van der Waals surface area contributed by atoms with Gasteiger partial charge in [-0.15, -0.1) is 5.10 Å². The van der Waals surface area contributed by atoms with Gasteiger partial charge in [-0.1, -0.05) is 11.3 Å². The van der Waals surface area contributed by atoms with Gasteiger partial charge in [-0.3, -0.25) is 19.8 Å². The first kappa shape index (κ1) is 17.2. The number of benzene rings is 2. The fourth-order valence-corrected chi connectivity index (χ4v) is 3.00. The Labute approximate surface area is 145 Å². The zero-order chi connectivity index (χ0) is 15.9. The maximum Gasteiger partial charge on any atom is 1.00 e. The number of nitrogens with one attached hydrogen (secondary N) is 1. The second kappa shape index (κ2) is 6.18. The Balaban J connectivity index is 0.00000192. The number of H-pyrrole nitrogens is 1. The number of rotatable bonds is 3. The molecule has 122 valence electrons. The molecule has 0 unspecified atom stereocenters. The first-order chi connectivity index (χ1) is 10.4. The number of aromatic amines is 1. The Bertz CT molecular complexity index is 984. The van der Waals surface area contributed by atoms with E-state index in [1.54, 1.807) is 6.07 Å². The third-order valence-electron chi connectivity index (χ3n) is 3.10. The molecule has 2 aromatic carbocycles. The fourth-order valence-electron chi connectivity index (χ4n) is 2.14. The number of non-ortho nitro benzene ring substituents is 1. The van der Waals surface area contributed by atoms with Crippen LogP contribution in [0, 0.1) is 10.1 Å². The molecule has 0 saturated carbocycles. The Morgan fingerprint density at radius 3 is 2.35 bits per heavy atom. The van der Waals surface area contributed by atoms with E-state index in [2.05, 4.69) is 15.4 Å². The Morgan fingerprint density at radius 2 is 1.78 bits per heavy atom. The number of nitro benzene ring substituents is 1. The van der Waals surface area contributed by atoms with Crippen molar-refractivity contribution in [1.29, 1.82) is 0 Å². The van der Waals surface area contributed by atoms with Gasteiger partial charge in [0.1, 0.15) is 10.4 Å². The molecular weight excluding hydrogens is 420 g/mol. The number of hydrogen-bond acceptors (Lipinski definition) is 6. The van der Waals surface area contributed by atoms with Crippen molar-refractivity contribution in [1.82, 2.24) is 15.4 Å². The molecule has 0 fully saturated rings. The van der Waals surface area contributed by atoms with Crippen LogP contribution >= 0.6 is 0 Å². The zero-order valence-corrected chi connectivity index (χ0v) is 13.4. The molecular formula is C12H8AgN4O5S+. The number of nitro groups is 1. The van der Waals surface area contributed by atoms with Crippen LogP contribution in [0.4, 0.5) is 5.69 Å². The quantitative estimate of drug-likeness (QED) is 0.281. The van der Waals surface area contributed by atoms with Crippen molar-refractivity contribution >= 4 is 26.8 Å². The summed E-state index contributed by atoms with van der Waals surface area (Å²) < 4.78 is 32.8. The van der Waals surface area contributed by atoms with Gasteiger partial charge < -0.3 is 0 Å². The van der Waals surface area contributed by atoms with Crippen LogP contribution in [0.15, 0.2) is 41.3 Å². The van der Waals surface area contributed by atoms with Crippen LogP contribution in [0.1, 0.15) is 0 Å². The zero-order valence-electron chi connectivity index (χ0n) is 11.1. The summed E-state index contributed by atoms with van der Waals surface area (Å²) in [6, 6.07) is 8.31. The number of nitrogens with zero attached hydrogens (tertiary/aromatic N) is 3. The molecule has 0 radical (unpaired) electrons. The average molecular weight is 428 g/mol. The summed E-state index contributed by atoms with van der Waals surface area (Å²) in [6.07, 6.45) is 0. The van der Waals surface area contributed by atoms with E-state index in [9.17, 15) is 23.1 Å². The number of aromatic nitrogens is 3. The molecule has 0 saturated heterocycles. The van der Waals surface area contributed by atoms with Gasteiger partial charge in [0.15, 0.2) is 0 Å². The first-order valence-electron chi connectivity index (χ1n) is 5.94. The van der Waals surface area contributed by atoms with Crippen molar-refractivity contribution in [2.24, 2.45) is 0 Å². The van der Waals surface area contributed by atoms with E-state index in [4.69, 9.17) is 0 Å². The number of fused-ring (bicyclic) bond motifs is 1. The van der Waals surface area contributed by atoms with Crippen LogP contribution in [0.3, 0.4) is 0 Å². The summed E-state index contributed by atoms with van der Waals surface area (Å²) in [5.74, 6) is 0. The monoisotopic (exact) mass is 427 g/mol. The normalized spacial score (nSPS) is 11.2. The van der Waals surface area contributed by atoms with Gasteiger partial charge >= 0.3 is 22.4 Å². The summed E-state index contributed by atoms with van der Waals surface area (Å²) in [7, 11) is -4.56. The minimum Gasteiger partial charge on any atom is -0.282 e. The summed E-state index contributed by atoms with van der Waals surface area (Å²) in [4.78, 5) is 9.71. The third kappa shape index (κ3) is 3.16. The summed E-state index contributed by atoms with van der Waals surface area (Å²) in [5.41, 5.74) is 0.790. The largest absolute Gasteiger partial charge is 1.00 e. The Morgan fingerprint density at radius 1 is 1.13 bits per heavy atom. The SMILES string of the molecule is O=[N+]([O-])c1ccc(-c2ccc3[nH]nnc3c2S(=O)(=O)O)cc1.[Ag+]. The minimum absolute atomic E-state index is 0. The Kier molecular flexibility index (Phi) is 4.63. The molecule has 0 aliphatic rings. The second-order valence-corrected chi connectivity index (χ2v) is 5.79. The van der Waals surface area contributed by atoms with Crippen molar-refractivity contribution in [3.63, 3.8) is 0 Å². The van der Waals surface area contributed by atoms with Crippen molar-refractivity contribution in [3.8, 4) is 11.1 Å². The molecule has 23 heavy (non-hydrogen) atoms. The summed E-state index contributed by atoms with van der Waals surface area (Å²) in [5, 5.41) is 20.3. The van der Waals surface area contributed by atoms with Gasteiger partial charge in [0.2, 0.25) is 0 Å². The molecule has 3 rings (SSSR count). The predicted octanol–water partition coefficient (Wildman–Crippen LogP) is 1.78. The van der Waals surface area contributed by atoms with Crippen LogP contribution in [-0.2, 0) is 32.5 Å². The van der Waals surface area contributed by atoms with Gasteiger partial charge in [0.05, 0.1) is 10.4 Å². The fraction of sp³-hybridized carbons (Fsp3) is 0. The molecule has 1 heterocycles. The molecule has 11 heteroatoms. The van der Waals surface area contributed by atoms with Crippen molar-refractivity contribution < 1.29 is 40.3 Å². The molecule has 2 N–H and O–H groups in total. The molecule has 0 spiro atoms. The maximum atomic E-state index is 11.7. The molecule has 0 aliphatic carbocycles. The van der Waals surface area contributed by atoms with Gasteiger partial charge in [0.25, 0.3) is 15.8 Å². The van der Waals surface area contributed by atoms with E-state index < -0.39 is 19.9 Å². The molecule has 0 atom stereocenters. The van der Waals surface area contributed by atoms with E-state index in [1.165, 1.54) is 30.3 Å². The molecule has 0 aliphatic heterocycles. The van der Waals surface area contributed by atoms with Crippen LogP contribution in [0.2, 0.25) is 0 Å². The van der Waals surface area contributed by atoms with Gasteiger partial charge in [-0.05, 0) is 23.8 Å². The van der Waals surface area contributed by atoms with E-state index in [0.717, 1.165) is 0 Å². The minimum atomic E-state index is -4.56. The standard InChI is InChI=1S/C12H8N4O5S.Ag/c17-16(18)8-3-1-7(2-4-8)9-5-6-10-11(14-15-13-10)12(9)22(19,20)21;/h1-6H,(H,13,14,15)(H,19,20,21);/q;+1. The van der Waals surface area contributed by atoms with Gasteiger partial charge in [-0.25, -0.2) is 0 Å². The number of hydrogen-bond donors (Lipinski definition) is 2. The predicted molar refractivity (Wildman–Crippen MR) is 75.8 cm³/mol. The van der Waals surface area contributed by atoms with Crippen LogP contribution in [0.25, 0.3) is 22.2 Å². The third-order valence-corrected chi connectivity index (χ3v) is 4.03. The van der Waals surface area contributed by atoms with Crippen molar-refractivity contribution in [2.45, 2.75) is 4.90 Å². The molecule has 9 nitrogen and oxygen atoms in total. The van der Waals surface area contributed by atoms with Gasteiger partial charge in [0, 0.05) is 17.7 Å². The summed E-state index contributed by atoms with van der Waals surface area (Å²) in [6.45, 7) is 0. The molecule has 3 aromatic rings. The molecule has 1 aromatic heterocycles. The van der Waals surface area contributed by atoms with E-state index >= 15 is 0 Å². The Hall–Kier alpha value is -2.11.